The molecule has 8 nitrogen and oxygen atoms in total. The Morgan fingerprint density at radius 3 is 2.58 bits per heavy atom. The summed E-state index contributed by atoms with van der Waals surface area (Å²) in [6, 6.07) is 2.69. The van der Waals surface area contributed by atoms with Gasteiger partial charge in [0.15, 0.2) is 0 Å². The number of aromatic carboxylic acids is 1. The number of aromatic hydroxyl groups is 1. The second-order valence-corrected chi connectivity index (χ2v) is 3.42. The summed E-state index contributed by atoms with van der Waals surface area (Å²) >= 11 is 0. The van der Waals surface area contributed by atoms with Gasteiger partial charge in [-0.2, -0.15) is 0 Å². The van der Waals surface area contributed by atoms with Gasteiger partial charge < -0.3 is 25.6 Å². The Hall–Kier alpha value is -2.77. The molecule has 1 aromatic carbocycles. The van der Waals surface area contributed by atoms with Gasteiger partial charge >= 0.3 is 18.0 Å². The number of urea groups is 1. The molecular weight excluding hydrogens is 256 g/mol. The number of benzene rings is 1. The number of esters is 1. The van der Waals surface area contributed by atoms with Crippen LogP contribution in [-0.2, 0) is 9.53 Å². The zero-order valence-electron chi connectivity index (χ0n) is 9.97. The van der Waals surface area contributed by atoms with E-state index in [0.29, 0.717) is 0 Å². The molecule has 0 fully saturated rings. The van der Waals surface area contributed by atoms with Crippen molar-refractivity contribution in [2.24, 2.45) is 0 Å². The van der Waals surface area contributed by atoms with Crippen LogP contribution in [0.15, 0.2) is 18.2 Å². The SMILES string of the molecule is COC(=O)CNC(=O)Nc1ccc(O)cc1C(=O)O. The molecule has 4 N–H and O–H groups in total. The normalized spacial score (nSPS) is 9.53. The van der Waals surface area contributed by atoms with E-state index >= 15 is 0 Å². The highest BCUT2D eigenvalue weighted by atomic mass is 16.5. The minimum absolute atomic E-state index is 0.00679. The molecule has 19 heavy (non-hydrogen) atoms. The number of phenols is 1. The highest BCUT2D eigenvalue weighted by Gasteiger charge is 2.13. The number of nitrogens with one attached hydrogen (secondary N) is 2. The smallest absolute Gasteiger partial charge is 0.337 e. The van der Waals surface area contributed by atoms with Gasteiger partial charge in [-0.25, -0.2) is 9.59 Å². The van der Waals surface area contributed by atoms with Gasteiger partial charge in [-0.05, 0) is 18.2 Å². The van der Waals surface area contributed by atoms with Crippen molar-refractivity contribution in [3.63, 3.8) is 0 Å². The van der Waals surface area contributed by atoms with Gasteiger partial charge in [-0.3, -0.25) is 4.79 Å². The largest absolute Gasteiger partial charge is 0.508 e. The number of carboxylic acid groups (broad SMARTS) is 1. The monoisotopic (exact) mass is 268 g/mol. The number of methoxy groups -OCH3 is 1. The van der Waals surface area contributed by atoms with Crippen LogP contribution in [0.3, 0.4) is 0 Å². The number of carboxylic acids is 1. The lowest BCUT2D eigenvalue weighted by Crippen LogP contribution is -2.34. The maximum Gasteiger partial charge on any atom is 0.337 e. The molecule has 0 saturated carbocycles. The number of rotatable bonds is 4. The van der Waals surface area contributed by atoms with Crippen molar-refractivity contribution in [2.45, 2.75) is 0 Å². The topological polar surface area (TPSA) is 125 Å². The predicted octanol–water partition coefficient (Wildman–Crippen LogP) is 0.385. The molecule has 0 bridgehead atoms. The van der Waals surface area contributed by atoms with Crippen LogP contribution >= 0.6 is 0 Å². The predicted molar refractivity (Wildman–Crippen MR) is 64.1 cm³/mol. The van der Waals surface area contributed by atoms with Crippen molar-refractivity contribution in [1.82, 2.24) is 5.32 Å². The fourth-order valence-electron chi connectivity index (χ4n) is 1.21. The van der Waals surface area contributed by atoms with E-state index in [2.05, 4.69) is 15.4 Å². The Morgan fingerprint density at radius 2 is 2.00 bits per heavy atom. The number of carbonyl (C=O) groups excluding carboxylic acids is 2. The summed E-state index contributed by atoms with van der Waals surface area (Å²) < 4.78 is 4.32. The Labute approximate surface area is 108 Å². The van der Waals surface area contributed by atoms with E-state index in [-0.39, 0.29) is 23.5 Å². The van der Waals surface area contributed by atoms with Crippen LogP contribution in [0.5, 0.6) is 5.75 Å². The lowest BCUT2D eigenvalue weighted by Gasteiger charge is -2.09. The summed E-state index contributed by atoms with van der Waals surface area (Å²) in [4.78, 5) is 33.1. The molecule has 0 aliphatic heterocycles. The fourth-order valence-corrected chi connectivity index (χ4v) is 1.21. The Balaban J connectivity index is 2.74. The van der Waals surface area contributed by atoms with Gasteiger partial charge in [0.1, 0.15) is 12.3 Å². The van der Waals surface area contributed by atoms with E-state index in [1.807, 2.05) is 0 Å². The van der Waals surface area contributed by atoms with Crippen molar-refractivity contribution < 1.29 is 29.3 Å². The van der Waals surface area contributed by atoms with E-state index in [4.69, 9.17) is 5.11 Å². The highest BCUT2D eigenvalue weighted by Crippen LogP contribution is 2.21. The first-order chi connectivity index (χ1) is 8.93. The van der Waals surface area contributed by atoms with E-state index in [1.54, 1.807) is 0 Å². The van der Waals surface area contributed by atoms with Gasteiger partial charge in [-0.1, -0.05) is 0 Å². The Morgan fingerprint density at radius 1 is 1.32 bits per heavy atom. The molecule has 8 heteroatoms. The van der Waals surface area contributed by atoms with Crippen LogP contribution in [0.4, 0.5) is 10.5 Å². The van der Waals surface area contributed by atoms with Crippen molar-refractivity contribution in [3.05, 3.63) is 23.8 Å². The third-order valence-corrected chi connectivity index (χ3v) is 2.10. The lowest BCUT2D eigenvalue weighted by atomic mass is 10.1. The fraction of sp³-hybridized carbons (Fsp3) is 0.182. The first kappa shape index (κ1) is 14.3. The molecule has 0 aliphatic rings. The number of hydrogen-bond donors (Lipinski definition) is 4. The minimum Gasteiger partial charge on any atom is -0.508 e. The molecule has 102 valence electrons. The first-order valence-corrected chi connectivity index (χ1v) is 5.12. The maximum atomic E-state index is 11.4. The highest BCUT2D eigenvalue weighted by molar-refractivity contribution is 6.00. The van der Waals surface area contributed by atoms with Crippen LogP contribution < -0.4 is 10.6 Å². The van der Waals surface area contributed by atoms with E-state index in [0.717, 1.165) is 6.07 Å². The summed E-state index contributed by atoms with van der Waals surface area (Å²) in [5.41, 5.74) is -0.277. The number of hydrogen-bond acceptors (Lipinski definition) is 5. The molecule has 0 heterocycles. The second kappa shape index (κ2) is 6.24. The van der Waals surface area contributed by atoms with Crippen LogP contribution in [0.25, 0.3) is 0 Å². The van der Waals surface area contributed by atoms with Crippen LogP contribution in [0.1, 0.15) is 10.4 Å². The molecule has 0 radical (unpaired) electrons. The van der Waals surface area contributed by atoms with Crippen LogP contribution in [0.2, 0.25) is 0 Å². The molecule has 1 rings (SSSR count). The molecule has 1 aromatic rings. The number of amides is 2. The van der Waals surface area contributed by atoms with Gasteiger partial charge in [-0.15, -0.1) is 0 Å². The van der Waals surface area contributed by atoms with Crippen LogP contribution in [-0.4, -0.2) is 41.8 Å². The molecule has 0 atom stereocenters. The van der Waals surface area contributed by atoms with Gasteiger partial charge in [0.2, 0.25) is 0 Å². The van der Waals surface area contributed by atoms with E-state index in [1.165, 1.54) is 19.2 Å². The lowest BCUT2D eigenvalue weighted by molar-refractivity contribution is -0.139. The third kappa shape index (κ3) is 4.19. The molecule has 0 aromatic heterocycles. The summed E-state index contributed by atoms with van der Waals surface area (Å²) in [7, 11) is 1.17. The summed E-state index contributed by atoms with van der Waals surface area (Å²) in [6.45, 7) is -0.344. The number of carbonyl (C=O) groups is 3. The van der Waals surface area contributed by atoms with E-state index < -0.39 is 18.0 Å². The summed E-state index contributed by atoms with van der Waals surface area (Å²) in [5, 5.41) is 22.5. The third-order valence-electron chi connectivity index (χ3n) is 2.10. The number of ether oxygens (including phenoxy) is 1. The molecule has 2 amide bonds. The summed E-state index contributed by atoms with van der Waals surface area (Å²) in [6.07, 6.45) is 0. The van der Waals surface area contributed by atoms with Gasteiger partial charge in [0.05, 0.1) is 18.4 Å². The van der Waals surface area contributed by atoms with Crippen molar-refractivity contribution >= 4 is 23.7 Å². The number of phenolic OH excluding ortho intramolecular Hbond substituents is 1. The zero-order valence-corrected chi connectivity index (χ0v) is 9.97. The first-order valence-electron chi connectivity index (χ1n) is 5.12. The molecule has 0 spiro atoms. The zero-order chi connectivity index (χ0) is 14.4. The maximum absolute atomic E-state index is 11.4. The Bertz CT molecular complexity index is 514. The van der Waals surface area contributed by atoms with Crippen molar-refractivity contribution in [1.29, 1.82) is 0 Å². The molecule has 0 unspecified atom stereocenters. The molecular formula is C11H12N2O6. The average Bonchev–Trinajstić information content (AvgIpc) is 2.37. The minimum atomic E-state index is -1.31. The number of anilines is 1. The van der Waals surface area contributed by atoms with E-state index in [9.17, 15) is 19.5 Å². The standard InChI is InChI=1S/C11H12N2O6/c1-19-9(15)5-12-11(18)13-8-3-2-6(14)4-7(8)10(16)17/h2-4,14H,5H2,1H3,(H,16,17)(H2,12,13,18). The van der Waals surface area contributed by atoms with Crippen molar-refractivity contribution in [2.75, 3.05) is 19.0 Å². The summed E-state index contributed by atoms with van der Waals surface area (Å²) in [5.74, 6) is -2.18. The molecule has 0 aliphatic carbocycles. The quantitative estimate of drug-likeness (QED) is 0.462. The van der Waals surface area contributed by atoms with Crippen LogP contribution in [0, 0.1) is 0 Å². The van der Waals surface area contributed by atoms with Crippen molar-refractivity contribution in [3.8, 4) is 5.75 Å². The van der Waals surface area contributed by atoms with Gasteiger partial charge in [0, 0.05) is 0 Å². The molecule has 0 saturated heterocycles. The Kier molecular flexibility index (Phi) is 4.69. The van der Waals surface area contributed by atoms with Gasteiger partial charge in [0.25, 0.3) is 0 Å². The second-order valence-electron chi connectivity index (χ2n) is 3.42. The average molecular weight is 268 g/mol.